The fourth-order valence-electron chi connectivity index (χ4n) is 0. The fraction of sp³-hybridized carbons (Fsp3) is 1.00. The third kappa shape index (κ3) is 12.1. The van der Waals surface area contributed by atoms with Crippen LogP contribution >= 0.6 is 21.6 Å². The van der Waals surface area contributed by atoms with E-state index in [0.717, 1.165) is 0 Å². The highest BCUT2D eigenvalue weighted by Gasteiger charge is 1.55. The summed E-state index contributed by atoms with van der Waals surface area (Å²) < 4.78 is 0. The van der Waals surface area contributed by atoms with Crippen LogP contribution in [0.4, 0.5) is 4.70 Å². The minimum atomic E-state index is 0. The summed E-state index contributed by atoms with van der Waals surface area (Å²) in [6.45, 7) is 0. The van der Waals surface area contributed by atoms with E-state index in [0.29, 0.717) is 0 Å². The normalized spacial score (nSPS) is 6.00. The SMILES string of the molecule is CSSC.F. The van der Waals surface area contributed by atoms with Gasteiger partial charge in [-0.2, -0.15) is 0 Å². The summed E-state index contributed by atoms with van der Waals surface area (Å²) in [6.07, 6.45) is 4.12. The van der Waals surface area contributed by atoms with Crippen molar-refractivity contribution in [3.8, 4) is 0 Å². The average molecular weight is 114 g/mol. The van der Waals surface area contributed by atoms with E-state index in [1.807, 2.05) is 0 Å². The molecule has 0 N–H and O–H groups in total. The van der Waals surface area contributed by atoms with Crippen molar-refractivity contribution in [1.82, 2.24) is 0 Å². The smallest absolute Gasteiger partial charge is 0.00793 e. The standard InChI is InChI=1S/C2H6S2.FH/c1-3-4-2;/h1-2H3;1H. The molecule has 3 heteroatoms. The predicted octanol–water partition coefficient (Wildman–Crippen LogP) is 1.78. The van der Waals surface area contributed by atoms with Crippen LogP contribution in [0.15, 0.2) is 0 Å². The van der Waals surface area contributed by atoms with Gasteiger partial charge < -0.3 is 0 Å². The Morgan fingerprint density at radius 3 is 1.20 bits per heavy atom. The van der Waals surface area contributed by atoms with Crippen molar-refractivity contribution in [3.63, 3.8) is 0 Å². The molecule has 0 aliphatic carbocycles. The Hall–Kier alpha value is 0.630. The lowest BCUT2D eigenvalue weighted by atomic mass is 12.0. The van der Waals surface area contributed by atoms with Gasteiger partial charge in [0.2, 0.25) is 0 Å². The van der Waals surface area contributed by atoms with Crippen molar-refractivity contribution in [3.05, 3.63) is 0 Å². The van der Waals surface area contributed by atoms with Crippen LogP contribution in [-0.2, 0) is 0 Å². The maximum Gasteiger partial charge on any atom is -0.00793 e. The summed E-state index contributed by atoms with van der Waals surface area (Å²) in [5.74, 6) is 0. The molecule has 0 saturated carbocycles. The first kappa shape index (κ1) is 9.16. The minimum absolute atomic E-state index is 0. The second kappa shape index (κ2) is 8.82. The lowest BCUT2D eigenvalue weighted by molar-refractivity contribution is 1.11. The lowest BCUT2D eigenvalue weighted by Gasteiger charge is -1.69. The topological polar surface area (TPSA) is 0 Å². The van der Waals surface area contributed by atoms with Crippen LogP contribution in [0.3, 0.4) is 0 Å². The summed E-state index contributed by atoms with van der Waals surface area (Å²) in [5, 5.41) is 0. The molecule has 5 heavy (non-hydrogen) atoms. The Morgan fingerprint density at radius 2 is 1.20 bits per heavy atom. The molecule has 0 saturated heterocycles. The number of halogens is 1. The molecule has 0 aromatic carbocycles. The molecule has 0 rings (SSSR count). The summed E-state index contributed by atoms with van der Waals surface area (Å²) in [7, 11) is 3.55. The van der Waals surface area contributed by atoms with Gasteiger partial charge in [0, 0.05) is 0 Å². The summed E-state index contributed by atoms with van der Waals surface area (Å²) >= 11 is 0. The molecule has 0 aromatic heterocycles. The van der Waals surface area contributed by atoms with E-state index in [1.54, 1.807) is 21.6 Å². The zero-order chi connectivity index (χ0) is 3.41. The molecule has 0 aliphatic rings. The molecule has 0 amide bonds. The van der Waals surface area contributed by atoms with E-state index >= 15 is 0 Å². The number of hydrogen-bond donors (Lipinski definition) is 0. The van der Waals surface area contributed by atoms with Crippen molar-refractivity contribution in [2.45, 2.75) is 0 Å². The first-order valence-corrected chi connectivity index (χ1v) is 3.95. The Morgan fingerprint density at radius 1 is 1.00 bits per heavy atom. The van der Waals surface area contributed by atoms with Crippen molar-refractivity contribution in [1.29, 1.82) is 0 Å². The highest BCUT2D eigenvalue weighted by atomic mass is 33.1. The Bertz CT molecular complexity index is 9.61. The summed E-state index contributed by atoms with van der Waals surface area (Å²) in [4.78, 5) is 0. The molecule has 0 radical (unpaired) electrons. The molecule has 0 aliphatic heterocycles. The minimum Gasteiger partial charge on any atom is -0.269 e. The van der Waals surface area contributed by atoms with Crippen LogP contribution in [0.1, 0.15) is 0 Å². The van der Waals surface area contributed by atoms with E-state index in [2.05, 4.69) is 12.5 Å². The van der Waals surface area contributed by atoms with E-state index in [9.17, 15) is 0 Å². The van der Waals surface area contributed by atoms with E-state index in [-0.39, 0.29) is 4.70 Å². The largest absolute Gasteiger partial charge is 0.269 e. The molecule has 34 valence electrons. The van der Waals surface area contributed by atoms with Gasteiger partial charge in [-0.1, -0.05) is 21.6 Å². The van der Waals surface area contributed by atoms with Crippen molar-refractivity contribution in [2.75, 3.05) is 12.5 Å². The first-order valence-electron chi connectivity index (χ1n) is 0.983. The monoisotopic (exact) mass is 114 g/mol. The van der Waals surface area contributed by atoms with Crippen LogP contribution in [0, 0.1) is 0 Å². The highest BCUT2D eigenvalue weighted by molar-refractivity contribution is 8.76. The third-order valence-corrected chi connectivity index (χ3v) is 1.50. The van der Waals surface area contributed by atoms with E-state index in [1.165, 1.54) is 0 Å². The van der Waals surface area contributed by atoms with Gasteiger partial charge >= 0.3 is 0 Å². The van der Waals surface area contributed by atoms with Gasteiger partial charge in [-0.25, -0.2) is 0 Å². The Balaban J connectivity index is 0. The zero-order valence-electron chi connectivity index (χ0n) is 3.22. The van der Waals surface area contributed by atoms with Gasteiger partial charge in [0.05, 0.1) is 0 Å². The van der Waals surface area contributed by atoms with Crippen molar-refractivity contribution in [2.24, 2.45) is 0 Å². The quantitative estimate of drug-likeness (QED) is 0.476. The molecule has 0 heterocycles. The molecule has 0 aromatic rings. The van der Waals surface area contributed by atoms with Crippen LogP contribution in [0.25, 0.3) is 0 Å². The van der Waals surface area contributed by atoms with Crippen LogP contribution in [0.2, 0.25) is 0 Å². The maximum atomic E-state index is 2.06. The molecule has 0 nitrogen and oxygen atoms in total. The second-order valence-corrected chi connectivity index (χ2v) is 3.00. The molecule has 0 atom stereocenters. The van der Waals surface area contributed by atoms with Gasteiger partial charge in [-0.15, -0.1) is 0 Å². The van der Waals surface area contributed by atoms with Crippen molar-refractivity contribution < 1.29 is 4.70 Å². The molecule has 0 unspecified atom stereocenters. The molecular weight excluding hydrogens is 107 g/mol. The Kier molecular flexibility index (Phi) is 16.2. The maximum absolute atomic E-state index is 2.06. The average Bonchev–Trinajstić information content (AvgIpc) is 1.37. The molecule has 0 fully saturated rings. The van der Waals surface area contributed by atoms with Gasteiger partial charge in [0.15, 0.2) is 0 Å². The first-order chi connectivity index (χ1) is 1.91. The van der Waals surface area contributed by atoms with Gasteiger partial charge in [0.25, 0.3) is 0 Å². The van der Waals surface area contributed by atoms with Gasteiger partial charge in [-0.05, 0) is 12.5 Å². The second-order valence-electron chi connectivity index (χ2n) is 0.333. The summed E-state index contributed by atoms with van der Waals surface area (Å²) in [6, 6.07) is 0. The number of rotatable bonds is 1. The van der Waals surface area contributed by atoms with E-state index < -0.39 is 0 Å². The number of hydrogen-bond acceptors (Lipinski definition) is 2. The van der Waals surface area contributed by atoms with E-state index in [4.69, 9.17) is 0 Å². The van der Waals surface area contributed by atoms with Gasteiger partial charge in [0.1, 0.15) is 0 Å². The van der Waals surface area contributed by atoms with Crippen molar-refractivity contribution >= 4 is 21.6 Å². The Labute approximate surface area is 39.5 Å². The lowest BCUT2D eigenvalue weighted by Crippen LogP contribution is -1.28. The van der Waals surface area contributed by atoms with Crippen LogP contribution < -0.4 is 0 Å². The molecule has 0 spiro atoms. The molecule has 0 bridgehead atoms. The highest BCUT2D eigenvalue weighted by Crippen LogP contribution is 2.09. The third-order valence-electron chi connectivity index (χ3n) is 0.167. The zero-order valence-corrected chi connectivity index (χ0v) is 4.86. The van der Waals surface area contributed by atoms with Crippen LogP contribution in [0.5, 0.6) is 0 Å². The van der Waals surface area contributed by atoms with Crippen LogP contribution in [-0.4, -0.2) is 12.5 Å². The molecular formula is C2H7FS2. The predicted molar refractivity (Wildman–Crippen MR) is 29.5 cm³/mol. The summed E-state index contributed by atoms with van der Waals surface area (Å²) in [5.41, 5.74) is 0. The fourth-order valence-corrected chi connectivity index (χ4v) is 0. The van der Waals surface area contributed by atoms with Gasteiger partial charge in [-0.3, -0.25) is 4.70 Å².